The van der Waals surface area contributed by atoms with Crippen LogP contribution in [0, 0.1) is 0 Å². The van der Waals surface area contributed by atoms with E-state index in [0.717, 1.165) is 22.3 Å². The highest BCUT2D eigenvalue weighted by atomic mass is 32.2. The number of sulfonamides is 1. The second-order valence-corrected chi connectivity index (χ2v) is 7.69. The molecule has 0 saturated carbocycles. The van der Waals surface area contributed by atoms with Crippen LogP contribution < -0.4 is 4.72 Å². The van der Waals surface area contributed by atoms with Crippen molar-refractivity contribution in [3.05, 3.63) is 66.6 Å². The molecule has 1 unspecified atom stereocenters. The summed E-state index contributed by atoms with van der Waals surface area (Å²) < 4.78 is 28.0. The zero-order chi connectivity index (χ0) is 18.1. The molecule has 0 saturated heterocycles. The van der Waals surface area contributed by atoms with Crippen LogP contribution in [0.3, 0.4) is 0 Å². The summed E-state index contributed by atoms with van der Waals surface area (Å²) in [4.78, 5) is 7.79. The predicted octanol–water partition coefficient (Wildman–Crippen LogP) is 2.99. The van der Waals surface area contributed by atoms with Gasteiger partial charge in [0.05, 0.1) is 27.7 Å². The second kappa shape index (κ2) is 6.40. The normalized spacial score (nSPS) is 13.1. The molecule has 132 valence electrons. The van der Waals surface area contributed by atoms with Crippen LogP contribution in [-0.4, -0.2) is 28.6 Å². The number of nitrogens with one attached hydrogen (secondary N) is 3. The number of aromatic nitrogens is 4. The van der Waals surface area contributed by atoms with Crippen molar-refractivity contribution in [2.45, 2.75) is 17.9 Å². The smallest absolute Gasteiger partial charge is 0.241 e. The molecule has 0 radical (unpaired) electrons. The van der Waals surface area contributed by atoms with Gasteiger partial charge in [0.1, 0.15) is 5.82 Å². The highest BCUT2D eigenvalue weighted by molar-refractivity contribution is 7.89. The van der Waals surface area contributed by atoms with Crippen LogP contribution in [0.25, 0.3) is 22.3 Å². The molecule has 1 atom stereocenters. The molecule has 2 aromatic carbocycles. The first-order valence-electron chi connectivity index (χ1n) is 8.10. The number of hydrogen-bond acceptors (Lipinski definition) is 4. The van der Waals surface area contributed by atoms with Gasteiger partial charge in [-0.15, -0.1) is 0 Å². The molecule has 8 heteroatoms. The number of para-hydroxylation sites is 2. The average Bonchev–Trinajstić information content (AvgIpc) is 3.31. The molecule has 26 heavy (non-hydrogen) atoms. The van der Waals surface area contributed by atoms with E-state index in [1.54, 1.807) is 37.4 Å². The van der Waals surface area contributed by atoms with Gasteiger partial charge < -0.3 is 4.98 Å². The largest absolute Gasteiger partial charge is 0.341 e. The van der Waals surface area contributed by atoms with Gasteiger partial charge in [-0.3, -0.25) is 5.10 Å². The van der Waals surface area contributed by atoms with Crippen LogP contribution in [-0.2, 0) is 10.0 Å². The van der Waals surface area contributed by atoms with Gasteiger partial charge in [-0.05, 0) is 42.8 Å². The lowest BCUT2D eigenvalue weighted by Crippen LogP contribution is -2.27. The van der Waals surface area contributed by atoms with Crippen molar-refractivity contribution in [1.82, 2.24) is 24.9 Å². The van der Waals surface area contributed by atoms with Gasteiger partial charge in [0, 0.05) is 6.20 Å². The number of nitrogens with zero attached hydrogens (tertiary/aromatic N) is 2. The fraction of sp³-hybridized carbons (Fsp3) is 0.111. The number of fused-ring (bicyclic) bond motifs is 1. The van der Waals surface area contributed by atoms with Gasteiger partial charge in [0.25, 0.3) is 0 Å². The molecule has 4 aromatic rings. The minimum atomic E-state index is -3.67. The third kappa shape index (κ3) is 3.12. The first-order valence-corrected chi connectivity index (χ1v) is 9.58. The zero-order valence-corrected chi connectivity index (χ0v) is 14.8. The summed E-state index contributed by atoms with van der Waals surface area (Å²) >= 11 is 0. The van der Waals surface area contributed by atoms with Crippen molar-refractivity contribution in [3.8, 4) is 11.3 Å². The van der Waals surface area contributed by atoms with Gasteiger partial charge in [0.15, 0.2) is 0 Å². The molecular weight excluding hydrogens is 350 g/mol. The Hall–Kier alpha value is -2.97. The van der Waals surface area contributed by atoms with E-state index in [2.05, 4.69) is 24.9 Å². The number of benzene rings is 2. The molecule has 0 amide bonds. The summed E-state index contributed by atoms with van der Waals surface area (Å²) in [6, 6.07) is 15.6. The van der Waals surface area contributed by atoms with E-state index in [1.165, 1.54) is 0 Å². The lowest BCUT2D eigenvalue weighted by molar-refractivity contribution is 0.561. The molecule has 4 rings (SSSR count). The van der Waals surface area contributed by atoms with E-state index >= 15 is 0 Å². The van der Waals surface area contributed by atoms with E-state index in [0.29, 0.717) is 5.82 Å². The molecule has 2 aromatic heterocycles. The quantitative estimate of drug-likeness (QED) is 0.504. The molecule has 0 aliphatic carbocycles. The Balaban J connectivity index is 1.56. The summed E-state index contributed by atoms with van der Waals surface area (Å²) in [5.41, 5.74) is 3.37. The first-order chi connectivity index (χ1) is 12.5. The first kappa shape index (κ1) is 16.5. The van der Waals surface area contributed by atoms with Crippen molar-refractivity contribution in [2.24, 2.45) is 0 Å². The lowest BCUT2D eigenvalue weighted by atomic mass is 10.2. The molecule has 2 heterocycles. The fourth-order valence-electron chi connectivity index (χ4n) is 2.76. The van der Waals surface area contributed by atoms with Crippen molar-refractivity contribution in [1.29, 1.82) is 0 Å². The Labute approximate surface area is 150 Å². The van der Waals surface area contributed by atoms with E-state index < -0.39 is 16.1 Å². The number of rotatable bonds is 5. The second-order valence-electron chi connectivity index (χ2n) is 5.98. The molecule has 0 spiro atoms. The topological polar surface area (TPSA) is 104 Å². The molecule has 0 fully saturated rings. The molecule has 7 nitrogen and oxygen atoms in total. The van der Waals surface area contributed by atoms with E-state index in [9.17, 15) is 8.42 Å². The molecular formula is C18H17N5O2S. The summed E-state index contributed by atoms with van der Waals surface area (Å²) in [7, 11) is -3.67. The van der Waals surface area contributed by atoms with E-state index in [-0.39, 0.29) is 4.90 Å². The Kier molecular flexibility index (Phi) is 4.06. The van der Waals surface area contributed by atoms with E-state index in [1.807, 2.05) is 30.3 Å². The highest BCUT2D eigenvalue weighted by Crippen LogP contribution is 2.21. The van der Waals surface area contributed by atoms with Gasteiger partial charge in [0.2, 0.25) is 10.0 Å². The Morgan fingerprint density at radius 2 is 1.81 bits per heavy atom. The van der Waals surface area contributed by atoms with Gasteiger partial charge in [-0.25, -0.2) is 18.1 Å². The van der Waals surface area contributed by atoms with Crippen LogP contribution in [0.15, 0.2) is 65.7 Å². The maximum Gasteiger partial charge on any atom is 0.241 e. The van der Waals surface area contributed by atoms with Crippen molar-refractivity contribution >= 4 is 21.1 Å². The Morgan fingerprint density at radius 3 is 2.50 bits per heavy atom. The Morgan fingerprint density at radius 1 is 1.04 bits per heavy atom. The summed E-state index contributed by atoms with van der Waals surface area (Å²) in [6.45, 7) is 1.76. The fourth-order valence-corrected chi connectivity index (χ4v) is 3.97. The van der Waals surface area contributed by atoms with Crippen LogP contribution in [0.1, 0.15) is 18.8 Å². The average molecular weight is 367 g/mol. The third-order valence-corrected chi connectivity index (χ3v) is 5.68. The Bertz CT molecular complexity index is 1100. The van der Waals surface area contributed by atoms with Crippen LogP contribution in [0.2, 0.25) is 0 Å². The molecule has 3 N–H and O–H groups in total. The minimum Gasteiger partial charge on any atom is -0.341 e. The molecule has 0 aliphatic rings. The van der Waals surface area contributed by atoms with Gasteiger partial charge in [-0.2, -0.15) is 5.10 Å². The maximum atomic E-state index is 12.7. The zero-order valence-electron chi connectivity index (χ0n) is 14.0. The summed E-state index contributed by atoms with van der Waals surface area (Å²) in [5.74, 6) is 0.573. The van der Waals surface area contributed by atoms with E-state index in [4.69, 9.17) is 0 Å². The highest BCUT2D eigenvalue weighted by Gasteiger charge is 2.20. The minimum absolute atomic E-state index is 0.198. The van der Waals surface area contributed by atoms with Crippen LogP contribution in [0.4, 0.5) is 0 Å². The SMILES string of the molecule is CC(NS(=O)(=O)c1ccc(-c2ccn[nH]2)cc1)c1nc2ccccc2[nH]1. The summed E-state index contributed by atoms with van der Waals surface area (Å²) in [5, 5.41) is 6.75. The van der Waals surface area contributed by atoms with Crippen molar-refractivity contribution in [2.75, 3.05) is 0 Å². The van der Waals surface area contributed by atoms with Crippen molar-refractivity contribution in [3.63, 3.8) is 0 Å². The van der Waals surface area contributed by atoms with Gasteiger partial charge in [-0.1, -0.05) is 24.3 Å². The third-order valence-electron chi connectivity index (χ3n) is 4.13. The number of hydrogen-bond donors (Lipinski definition) is 3. The predicted molar refractivity (Wildman–Crippen MR) is 98.9 cm³/mol. The number of H-pyrrole nitrogens is 2. The monoisotopic (exact) mass is 367 g/mol. The van der Waals surface area contributed by atoms with Gasteiger partial charge >= 0.3 is 0 Å². The number of imidazole rings is 1. The standard InChI is InChI=1S/C18H17N5O2S/c1-12(18-20-16-4-2-3-5-17(16)21-18)23-26(24,25)14-8-6-13(7-9-14)15-10-11-19-22-15/h2-12,23H,1H3,(H,19,22)(H,20,21). The number of aromatic amines is 2. The lowest BCUT2D eigenvalue weighted by Gasteiger charge is -2.12. The summed E-state index contributed by atoms with van der Waals surface area (Å²) in [6.07, 6.45) is 1.65. The van der Waals surface area contributed by atoms with Crippen LogP contribution >= 0.6 is 0 Å². The molecule has 0 bridgehead atoms. The van der Waals surface area contributed by atoms with Crippen molar-refractivity contribution < 1.29 is 8.42 Å². The molecule has 0 aliphatic heterocycles. The van der Waals surface area contributed by atoms with Crippen LogP contribution in [0.5, 0.6) is 0 Å². The maximum absolute atomic E-state index is 12.7.